The molecule has 0 aliphatic carbocycles. The average Bonchev–Trinajstić information content (AvgIpc) is 2.57. The monoisotopic (exact) mass is 356 g/mol. The van der Waals surface area contributed by atoms with E-state index in [0.717, 1.165) is 12.1 Å². The third kappa shape index (κ3) is 3.92. The van der Waals surface area contributed by atoms with Crippen LogP contribution in [0.25, 0.3) is 0 Å². The highest BCUT2D eigenvalue weighted by molar-refractivity contribution is 5.95. The summed E-state index contributed by atoms with van der Waals surface area (Å²) in [6, 6.07) is 11.1. The van der Waals surface area contributed by atoms with Gasteiger partial charge in [-0.2, -0.15) is 4.98 Å². The molecule has 8 heteroatoms. The van der Waals surface area contributed by atoms with Crippen molar-refractivity contribution in [1.29, 1.82) is 0 Å². The molecule has 0 saturated heterocycles. The number of aromatic nitrogens is 2. The van der Waals surface area contributed by atoms with E-state index in [1.165, 1.54) is 12.1 Å². The first-order valence-corrected chi connectivity index (χ1v) is 7.59. The van der Waals surface area contributed by atoms with Crippen LogP contribution in [0.1, 0.15) is 16.1 Å². The number of carboxylic acids is 1. The third-order valence-electron chi connectivity index (χ3n) is 3.45. The van der Waals surface area contributed by atoms with Crippen LogP contribution in [0, 0.1) is 18.6 Å². The molecule has 3 aromatic rings. The minimum absolute atomic E-state index is 0.0221. The van der Waals surface area contributed by atoms with Gasteiger partial charge in [0, 0.05) is 17.8 Å². The lowest BCUT2D eigenvalue weighted by molar-refractivity contribution is 0.0698. The quantitative estimate of drug-likeness (QED) is 0.634. The summed E-state index contributed by atoms with van der Waals surface area (Å²) in [5, 5.41) is 14.8. The lowest BCUT2D eigenvalue weighted by atomic mass is 10.2. The van der Waals surface area contributed by atoms with E-state index >= 15 is 0 Å². The van der Waals surface area contributed by atoms with Crippen LogP contribution in [-0.2, 0) is 0 Å². The number of benzene rings is 2. The predicted octanol–water partition coefficient (Wildman–Crippen LogP) is 4.25. The molecule has 0 aliphatic rings. The molecule has 0 spiro atoms. The van der Waals surface area contributed by atoms with Gasteiger partial charge in [0.2, 0.25) is 5.95 Å². The summed E-state index contributed by atoms with van der Waals surface area (Å²) in [4.78, 5) is 19.6. The van der Waals surface area contributed by atoms with E-state index in [4.69, 9.17) is 0 Å². The number of hydrogen-bond acceptors (Lipinski definition) is 5. The first-order valence-electron chi connectivity index (χ1n) is 7.59. The Morgan fingerprint density at radius 1 is 1.00 bits per heavy atom. The molecule has 26 heavy (non-hydrogen) atoms. The summed E-state index contributed by atoms with van der Waals surface area (Å²) < 4.78 is 26.8. The molecule has 0 saturated carbocycles. The van der Waals surface area contributed by atoms with Gasteiger partial charge < -0.3 is 15.7 Å². The van der Waals surface area contributed by atoms with E-state index in [2.05, 4.69) is 20.6 Å². The van der Waals surface area contributed by atoms with Crippen molar-refractivity contribution in [3.8, 4) is 0 Å². The van der Waals surface area contributed by atoms with Crippen molar-refractivity contribution in [3.63, 3.8) is 0 Å². The second-order valence-electron chi connectivity index (χ2n) is 5.44. The summed E-state index contributed by atoms with van der Waals surface area (Å²) in [5.74, 6) is -2.13. The minimum Gasteiger partial charge on any atom is -0.478 e. The van der Waals surface area contributed by atoms with Gasteiger partial charge in [0.05, 0.1) is 16.9 Å². The zero-order valence-corrected chi connectivity index (χ0v) is 13.6. The average molecular weight is 356 g/mol. The maximum Gasteiger partial charge on any atom is 0.337 e. The highest BCUT2D eigenvalue weighted by atomic mass is 19.1. The molecule has 6 nitrogen and oxygen atoms in total. The first-order chi connectivity index (χ1) is 12.4. The molecule has 0 amide bonds. The van der Waals surface area contributed by atoms with Crippen LogP contribution in [-0.4, -0.2) is 21.0 Å². The van der Waals surface area contributed by atoms with Crippen molar-refractivity contribution >= 4 is 29.1 Å². The highest BCUT2D eigenvalue weighted by Gasteiger charge is 2.11. The third-order valence-corrected chi connectivity index (χ3v) is 3.45. The fraction of sp³-hybridized carbons (Fsp3) is 0.0556. The Labute approximate surface area is 147 Å². The Hall–Kier alpha value is -3.55. The van der Waals surface area contributed by atoms with E-state index in [-0.39, 0.29) is 17.2 Å². The summed E-state index contributed by atoms with van der Waals surface area (Å²) in [6.07, 6.45) is 0. The van der Waals surface area contributed by atoms with Crippen LogP contribution in [0.2, 0.25) is 0 Å². The van der Waals surface area contributed by atoms with Gasteiger partial charge >= 0.3 is 5.97 Å². The number of anilines is 4. The molecule has 0 unspecified atom stereocenters. The second kappa shape index (κ2) is 7.14. The number of carboxylic acid groups (broad SMARTS) is 1. The number of nitrogens with zero attached hydrogens (tertiary/aromatic N) is 2. The molecule has 3 rings (SSSR count). The smallest absolute Gasteiger partial charge is 0.337 e. The molecule has 0 bridgehead atoms. The van der Waals surface area contributed by atoms with Crippen molar-refractivity contribution in [3.05, 3.63) is 71.4 Å². The van der Waals surface area contributed by atoms with Crippen LogP contribution >= 0.6 is 0 Å². The normalized spacial score (nSPS) is 10.4. The second-order valence-corrected chi connectivity index (χ2v) is 5.44. The van der Waals surface area contributed by atoms with Crippen molar-refractivity contribution in [2.45, 2.75) is 6.92 Å². The summed E-state index contributed by atoms with van der Waals surface area (Å²) >= 11 is 0. The van der Waals surface area contributed by atoms with Crippen molar-refractivity contribution in [2.24, 2.45) is 0 Å². The van der Waals surface area contributed by atoms with Crippen LogP contribution in [0.3, 0.4) is 0 Å². The molecular weight excluding hydrogens is 342 g/mol. The Morgan fingerprint density at radius 3 is 2.50 bits per heavy atom. The summed E-state index contributed by atoms with van der Waals surface area (Å²) in [5.41, 5.74) is 1.04. The molecule has 3 N–H and O–H groups in total. The van der Waals surface area contributed by atoms with E-state index in [1.54, 1.807) is 31.2 Å². The van der Waals surface area contributed by atoms with E-state index in [9.17, 15) is 18.7 Å². The van der Waals surface area contributed by atoms with Crippen molar-refractivity contribution < 1.29 is 18.7 Å². The first kappa shape index (κ1) is 17.3. The van der Waals surface area contributed by atoms with Crippen molar-refractivity contribution in [1.82, 2.24) is 9.97 Å². The molecule has 0 radical (unpaired) electrons. The maximum absolute atomic E-state index is 13.8. The van der Waals surface area contributed by atoms with Gasteiger partial charge in [0.15, 0.2) is 0 Å². The van der Waals surface area contributed by atoms with E-state index in [1.807, 2.05) is 0 Å². The number of para-hydroxylation sites is 1. The SMILES string of the molecule is Cc1cc(Nc2ccccc2C(=O)O)nc(Nc2ccc(F)cc2F)n1. The highest BCUT2D eigenvalue weighted by Crippen LogP contribution is 2.23. The Morgan fingerprint density at radius 2 is 1.77 bits per heavy atom. The van der Waals surface area contributed by atoms with Gasteiger partial charge in [-0.3, -0.25) is 0 Å². The molecule has 0 fully saturated rings. The largest absolute Gasteiger partial charge is 0.478 e. The number of hydrogen-bond donors (Lipinski definition) is 3. The van der Waals surface area contributed by atoms with Crippen LogP contribution in [0.4, 0.5) is 31.9 Å². The van der Waals surface area contributed by atoms with Crippen LogP contribution in [0.5, 0.6) is 0 Å². The molecule has 132 valence electrons. The lowest BCUT2D eigenvalue weighted by Gasteiger charge is -2.12. The lowest BCUT2D eigenvalue weighted by Crippen LogP contribution is -2.06. The number of rotatable bonds is 5. The minimum atomic E-state index is -1.08. The number of carbonyl (C=O) groups is 1. The fourth-order valence-electron chi connectivity index (χ4n) is 2.32. The fourth-order valence-corrected chi connectivity index (χ4v) is 2.32. The molecular formula is C18H14F2N4O2. The Bertz CT molecular complexity index is 979. The number of aromatic carboxylic acids is 1. The van der Waals surface area contributed by atoms with E-state index < -0.39 is 17.6 Å². The number of nitrogens with one attached hydrogen (secondary N) is 2. The zero-order chi connectivity index (χ0) is 18.7. The number of halogens is 2. The standard InChI is InChI=1S/C18H14F2N4O2/c1-10-8-16(22-14-5-3-2-4-12(14)17(25)26)24-18(21-10)23-15-7-6-11(19)9-13(15)20/h2-9H,1H3,(H,25,26)(H2,21,22,23,24). The summed E-state index contributed by atoms with van der Waals surface area (Å²) in [6.45, 7) is 1.71. The Balaban J connectivity index is 1.90. The maximum atomic E-state index is 13.8. The molecule has 0 atom stereocenters. The van der Waals surface area contributed by atoms with Crippen LogP contribution < -0.4 is 10.6 Å². The van der Waals surface area contributed by atoms with Gasteiger partial charge in [-0.25, -0.2) is 18.6 Å². The van der Waals surface area contributed by atoms with Gasteiger partial charge in [0.1, 0.15) is 17.5 Å². The van der Waals surface area contributed by atoms with Gasteiger partial charge in [-0.1, -0.05) is 12.1 Å². The molecule has 2 aromatic carbocycles. The van der Waals surface area contributed by atoms with Crippen molar-refractivity contribution in [2.75, 3.05) is 10.6 Å². The molecule has 1 aromatic heterocycles. The Kier molecular flexibility index (Phi) is 4.74. The van der Waals surface area contributed by atoms with Gasteiger partial charge in [-0.05, 0) is 31.2 Å². The molecule has 1 heterocycles. The van der Waals surface area contributed by atoms with Crippen LogP contribution in [0.15, 0.2) is 48.5 Å². The zero-order valence-electron chi connectivity index (χ0n) is 13.6. The topological polar surface area (TPSA) is 87.1 Å². The molecule has 0 aliphatic heterocycles. The van der Waals surface area contributed by atoms with Gasteiger partial charge in [0.25, 0.3) is 0 Å². The number of aryl methyl sites for hydroxylation is 1. The van der Waals surface area contributed by atoms with Gasteiger partial charge in [-0.15, -0.1) is 0 Å². The van der Waals surface area contributed by atoms with E-state index in [0.29, 0.717) is 17.2 Å². The predicted molar refractivity (Wildman–Crippen MR) is 93.1 cm³/mol. The summed E-state index contributed by atoms with van der Waals surface area (Å²) in [7, 11) is 0.